The molecule has 3 aromatic carbocycles. The zero-order valence-electron chi connectivity index (χ0n) is 23.5. The van der Waals surface area contributed by atoms with Crippen LogP contribution in [0.5, 0.6) is 0 Å². The molecule has 1 fully saturated rings. The average Bonchev–Trinajstić information content (AvgIpc) is 3.82. The first kappa shape index (κ1) is 35.7. The Bertz CT molecular complexity index is 1730. The second kappa shape index (κ2) is 12.4. The van der Waals surface area contributed by atoms with Crippen molar-refractivity contribution in [2.45, 2.75) is 50.0 Å². The van der Waals surface area contributed by atoms with E-state index in [1.165, 1.54) is 24.3 Å². The van der Waals surface area contributed by atoms with Crippen molar-refractivity contribution in [2.75, 3.05) is 10.2 Å². The summed E-state index contributed by atoms with van der Waals surface area (Å²) in [5, 5.41) is 10.7. The van der Waals surface area contributed by atoms with Crippen molar-refractivity contribution in [2.24, 2.45) is 5.92 Å². The van der Waals surface area contributed by atoms with E-state index in [2.05, 4.69) is 15.9 Å². The first-order valence-electron chi connectivity index (χ1n) is 13.3. The Labute approximate surface area is 267 Å². The van der Waals surface area contributed by atoms with Crippen molar-refractivity contribution in [1.82, 2.24) is 0 Å². The molecule has 1 aliphatic carbocycles. The van der Waals surface area contributed by atoms with Gasteiger partial charge in [0.15, 0.2) is 5.82 Å². The number of carbonyl (C=O) groups excluding carboxylic acids is 2. The maximum Gasteiger partial charge on any atom is 0.435 e. The third-order valence-electron chi connectivity index (χ3n) is 7.49. The zero-order chi connectivity index (χ0) is 35.3. The summed E-state index contributed by atoms with van der Waals surface area (Å²) in [5.41, 5.74) is -13.6. The summed E-state index contributed by atoms with van der Waals surface area (Å²) in [6.07, 6.45) is -17.9. The van der Waals surface area contributed by atoms with Gasteiger partial charge in [-0.25, -0.2) is 8.78 Å². The maximum atomic E-state index is 16.0. The monoisotopic (exact) mass is 741 g/mol. The molecule has 2 amide bonds. The predicted octanol–water partition coefficient (Wildman–Crippen LogP) is 9.47. The van der Waals surface area contributed by atoms with Gasteiger partial charge in [-0.05, 0) is 90.1 Å². The van der Waals surface area contributed by atoms with Crippen LogP contribution in [0.4, 0.5) is 59.7 Å². The number of nitriles is 1. The molecule has 1 atom stereocenters. The van der Waals surface area contributed by atoms with Crippen LogP contribution < -0.4 is 10.2 Å². The molecular formula is C30H19BrF11N3O2. The highest BCUT2D eigenvalue weighted by molar-refractivity contribution is 9.10. The van der Waals surface area contributed by atoms with Gasteiger partial charge in [0.25, 0.3) is 11.8 Å². The Hall–Kier alpha value is -4.20. The highest BCUT2D eigenvalue weighted by atomic mass is 79.9. The van der Waals surface area contributed by atoms with Crippen LogP contribution in [-0.4, -0.2) is 30.2 Å². The summed E-state index contributed by atoms with van der Waals surface area (Å²) in [6, 6.07) is 8.58. The number of nitrogens with zero attached hydrogens (tertiary/aromatic N) is 2. The molecule has 4 rings (SSSR count). The summed E-state index contributed by atoms with van der Waals surface area (Å²) in [5.74, 6) is -3.84. The Balaban J connectivity index is 1.79. The van der Waals surface area contributed by atoms with Gasteiger partial charge in [-0.1, -0.05) is 6.07 Å². The Morgan fingerprint density at radius 3 is 2.00 bits per heavy atom. The number of rotatable bonds is 7. The molecule has 1 N–H and O–H groups in total. The molecule has 47 heavy (non-hydrogen) atoms. The second-order valence-electron chi connectivity index (χ2n) is 10.6. The van der Waals surface area contributed by atoms with Gasteiger partial charge < -0.3 is 10.2 Å². The van der Waals surface area contributed by atoms with Gasteiger partial charge in [0.05, 0.1) is 34.1 Å². The highest BCUT2D eigenvalue weighted by Crippen LogP contribution is 2.55. The Morgan fingerprint density at radius 1 is 0.936 bits per heavy atom. The minimum absolute atomic E-state index is 0.0336. The van der Waals surface area contributed by atoms with E-state index in [0.29, 0.717) is 12.8 Å². The van der Waals surface area contributed by atoms with Crippen molar-refractivity contribution in [3.05, 3.63) is 92.7 Å². The summed E-state index contributed by atoms with van der Waals surface area (Å²) in [4.78, 5) is 27.7. The molecule has 3 aromatic rings. The molecule has 1 aliphatic rings. The number of hydrogen-bond donors (Lipinski definition) is 1. The van der Waals surface area contributed by atoms with E-state index in [1.54, 1.807) is 12.2 Å². The number of anilines is 2. The minimum atomic E-state index is -6.74. The molecule has 0 spiro atoms. The number of halogens is 12. The number of benzene rings is 3. The Kier molecular flexibility index (Phi) is 9.43. The predicted molar refractivity (Wildman–Crippen MR) is 149 cm³/mol. The summed E-state index contributed by atoms with van der Waals surface area (Å²) in [6.45, 7) is 1.60. The highest BCUT2D eigenvalue weighted by Gasteiger charge is 2.73. The van der Waals surface area contributed by atoms with Crippen LogP contribution >= 0.6 is 15.9 Å². The van der Waals surface area contributed by atoms with Gasteiger partial charge in [0.2, 0.25) is 0 Å². The van der Waals surface area contributed by atoms with Crippen molar-refractivity contribution in [3.8, 4) is 6.07 Å². The van der Waals surface area contributed by atoms with E-state index in [1.807, 2.05) is 6.07 Å². The lowest BCUT2D eigenvalue weighted by molar-refractivity contribution is -0.348. The van der Waals surface area contributed by atoms with Gasteiger partial charge >= 0.3 is 24.2 Å². The third-order valence-corrected chi connectivity index (χ3v) is 8.11. The fourth-order valence-electron chi connectivity index (χ4n) is 4.84. The number of alkyl halides is 10. The van der Waals surface area contributed by atoms with Gasteiger partial charge in [-0.2, -0.15) is 44.8 Å². The molecule has 0 heterocycles. The van der Waals surface area contributed by atoms with Crippen LogP contribution in [0.15, 0.2) is 59.1 Å². The zero-order valence-corrected chi connectivity index (χ0v) is 25.1. The lowest BCUT2D eigenvalue weighted by Crippen LogP contribution is -2.50. The smallest absolute Gasteiger partial charge is 0.320 e. The van der Waals surface area contributed by atoms with E-state index < -0.39 is 86.5 Å². The fourth-order valence-corrected chi connectivity index (χ4v) is 5.40. The van der Waals surface area contributed by atoms with E-state index in [4.69, 9.17) is 5.26 Å². The maximum absolute atomic E-state index is 16.0. The van der Waals surface area contributed by atoms with Crippen LogP contribution in [0.2, 0.25) is 0 Å². The van der Waals surface area contributed by atoms with Crippen molar-refractivity contribution in [3.63, 3.8) is 0 Å². The quantitative estimate of drug-likeness (QED) is 0.245. The average molecular weight is 742 g/mol. The van der Waals surface area contributed by atoms with Gasteiger partial charge in [0.1, 0.15) is 0 Å². The topological polar surface area (TPSA) is 73.2 Å². The standard InChI is InChI=1S/C30H19BrF11N3O2/c1-14(16-9-10-16)45(26(47)17-7-5-15(13-43)6-8-17)22-4-2-3-19(23(22)32)25(46)44-24-20(28(34,35)36)11-18(12-21(24)31)27(33,29(37,38)39)30(40,41)42/h2-8,11-12,14,16H,9-10H2,1H3,(H,44,46). The molecule has 250 valence electrons. The van der Waals surface area contributed by atoms with Crippen molar-refractivity contribution < 1.29 is 57.9 Å². The largest absolute Gasteiger partial charge is 0.435 e. The van der Waals surface area contributed by atoms with Crippen molar-refractivity contribution >= 4 is 39.1 Å². The van der Waals surface area contributed by atoms with E-state index in [-0.39, 0.29) is 23.1 Å². The summed E-state index contributed by atoms with van der Waals surface area (Å²) >= 11 is 2.39. The fraction of sp³-hybridized carbons (Fsp3) is 0.300. The Morgan fingerprint density at radius 2 is 1.51 bits per heavy atom. The van der Waals surface area contributed by atoms with Crippen LogP contribution in [-0.2, 0) is 11.8 Å². The first-order chi connectivity index (χ1) is 21.6. The second-order valence-corrected chi connectivity index (χ2v) is 11.4. The first-order valence-corrected chi connectivity index (χ1v) is 14.1. The van der Waals surface area contributed by atoms with Crippen LogP contribution in [0.25, 0.3) is 0 Å². The van der Waals surface area contributed by atoms with E-state index >= 15 is 4.39 Å². The lowest BCUT2D eigenvalue weighted by atomic mass is 9.92. The van der Waals surface area contributed by atoms with Crippen molar-refractivity contribution in [1.29, 1.82) is 5.26 Å². The molecule has 0 aromatic heterocycles. The molecule has 0 bridgehead atoms. The molecule has 17 heteroatoms. The van der Waals surface area contributed by atoms with E-state index in [9.17, 15) is 53.5 Å². The summed E-state index contributed by atoms with van der Waals surface area (Å²) in [7, 11) is 0. The number of hydrogen-bond acceptors (Lipinski definition) is 3. The number of carbonyl (C=O) groups is 2. The van der Waals surface area contributed by atoms with Gasteiger partial charge in [0, 0.05) is 21.6 Å². The summed E-state index contributed by atoms with van der Waals surface area (Å²) < 4.78 is 151. The molecule has 0 radical (unpaired) electrons. The van der Waals surface area contributed by atoms with E-state index in [0.717, 1.165) is 23.1 Å². The van der Waals surface area contributed by atoms with Gasteiger partial charge in [-0.15, -0.1) is 0 Å². The lowest BCUT2D eigenvalue weighted by Gasteiger charge is -2.31. The molecule has 0 saturated heterocycles. The molecule has 0 aliphatic heterocycles. The minimum Gasteiger partial charge on any atom is -0.320 e. The molecule has 1 unspecified atom stereocenters. The molecular weight excluding hydrogens is 723 g/mol. The molecule has 1 saturated carbocycles. The third kappa shape index (κ3) is 6.78. The normalized spacial score (nSPS) is 14.7. The van der Waals surface area contributed by atoms with Gasteiger partial charge in [-0.3, -0.25) is 9.59 Å². The SMILES string of the molecule is CC(C1CC1)N(C(=O)c1ccc(C#N)cc1)c1cccc(C(=O)Nc2c(Br)cc(C(F)(C(F)(F)F)C(F)(F)F)cc2C(F)(F)F)c1F. The van der Waals surface area contributed by atoms with Crippen LogP contribution in [0.1, 0.15) is 57.2 Å². The van der Waals surface area contributed by atoms with Crippen LogP contribution in [0.3, 0.4) is 0 Å². The number of amides is 2. The van der Waals surface area contributed by atoms with Crippen LogP contribution in [0, 0.1) is 23.1 Å². The molecule has 5 nitrogen and oxygen atoms in total. The number of nitrogens with one attached hydrogen (secondary N) is 1.